The van der Waals surface area contributed by atoms with Gasteiger partial charge in [-0.3, -0.25) is 4.72 Å². The van der Waals surface area contributed by atoms with Gasteiger partial charge in [0, 0.05) is 12.2 Å². The molecule has 21 heavy (non-hydrogen) atoms. The molecule has 0 amide bonds. The van der Waals surface area contributed by atoms with Gasteiger partial charge in [-0.1, -0.05) is 19.1 Å². The molecule has 1 atom stereocenters. The molecule has 112 valence electrons. The van der Waals surface area contributed by atoms with Gasteiger partial charge in [-0.2, -0.15) is 5.10 Å². The van der Waals surface area contributed by atoms with Crippen LogP contribution < -0.4 is 10.0 Å². The van der Waals surface area contributed by atoms with Crippen molar-refractivity contribution in [1.29, 1.82) is 0 Å². The van der Waals surface area contributed by atoms with Crippen LogP contribution in [0.1, 0.15) is 25.5 Å². The first-order valence-corrected chi connectivity index (χ1v) is 8.15. The first-order valence-electron chi connectivity index (χ1n) is 6.67. The molecule has 1 unspecified atom stereocenters. The number of hydrogen-bond acceptors (Lipinski definition) is 5. The average Bonchev–Trinajstić information content (AvgIpc) is 2.48. The monoisotopic (exact) mass is 306 g/mol. The Kier molecular flexibility index (Phi) is 4.87. The van der Waals surface area contributed by atoms with E-state index in [0.717, 1.165) is 12.1 Å². The van der Waals surface area contributed by atoms with Crippen LogP contribution in [0, 0.1) is 0 Å². The van der Waals surface area contributed by atoms with Crippen molar-refractivity contribution in [3.63, 3.8) is 0 Å². The Hall–Kier alpha value is -1.99. The highest BCUT2D eigenvalue weighted by molar-refractivity contribution is 7.92. The number of nitrogens with one attached hydrogen (secondary N) is 2. The first kappa shape index (κ1) is 15.4. The van der Waals surface area contributed by atoms with E-state index in [1.54, 1.807) is 30.3 Å². The molecule has 0 saturated heterocycles. The van der Waals surface area contributed by atoms with E-state index in [-0.39, 0.29) is 16.8 Å². The SMILES string of the molecule is CCNC(C)c1cccc(S(=O)(=O)Nc2cccnn2)c1. The van der Waals surface area contributed by atoms with Gasteiger partial charge in [0.15, 0.2) is 5.82 Å². The number of anilines is 1. The molecular formula is C14H18N4O2S. The van der Waals surface area contributed by atoms with E-state index >= 15 is 0 Å². The third kappa shape index (κ3) is 3.99. The summed E-state index contributed by atoms with van der Waals surface area (Å²) in [5, 5.41) is 10.6. The molecule has 0 aliphatic rings. The van der Waals surface area contributed by atoms with Crippen LogP contribution >= 0.6 is 0 Å². The normalized spacial score (nSPS) is 12.9. The fraction of sp³-hybridized carbons (Fsp3) is 0.286. The van der Waals surface area contributed by atoms with E-state index < -0.39 is 10.0 Å². The van der Waals surface area contributed by atoms with E-state index in [1.165, 1.54) is 6.20 Å². The topological polar surface area (TPSA) is 84.0 Å². The van der Waals surface area contributed by atoms with Crippen molar-refractivity contribution in [3.8, 4) is 0 Å². The standard InChI is InChI=1S/C14H18N4O2S/c1-3-15-11(2)12-6-4-7-13(10-12)21(19,20)18-14-8-5-9-16-17-14/h4-11,15H,3H2,1-2H3,(H,17,18). The zero-order valence-corrected chi connectivity index (χ0v) is 12.8. The summed E-state index contributed by atoms with van der Waals surface area (Å²) in [5.74, 6) is 0.197. The molecule has 1 heterocycles. The molecule has 0 radical (unpaired) electrons. The molecule has 0 spiro atoms. The van der Waals surface area contributed by atoms with Gasteiger partial charge in [0.05, 0.1) is 4.90 Å². The molecule has 6 nitrogen and oxygen atoms in total. The lowest BCUT2D eigenvalue weighted by Crippen LogP contribution is -2.19. The minimum absolute atomic E-state index is 0.0849. The van der Waals surface area contributed by atoms with Gasteiger partial charge >= 0.3 is 0 Å². The average molecular weight is 306 g/mol. The molecule has 0 fully saturated rings. The Morgan fingerprint density at radius 1 is 1.24 bits per heavy atom. The van der Waals surface area contributed by atoms with Gasteiger partial charge in [0.25, 0.3) is 10.0 Å². The molecule has 7 heteroatoms. The maximum Gasteiger partial charge on any atom is 0.263 e. The Balaban J connectivity index is 2.26. The Labute approximate surface area is 124 Å². The van der Waals surface area contributed by atoms with Crippen molar-refractivity contribution >= 4 is 15.8 Å². The molecule has 0 aliphatic carbocycles. The second-order valence-corrected chi connectivity index (χ2v) is 6.25. The molecule has 0 bridgehead atoms. The summed E-state index contributed by atoms with van der Waals surface area (Å²) in [4.78, 5) is 0.204. The van der Waals surface area contributed by atoms with Crippen LogP contribution in [0.3, 0.4) is 0 Å². The van der Waals surface area contributed by atoms with E-state index in [2.05, 4.69) is 20.2 Å². The third-order valence-electron chi connectivity index (χ3n) is 2.99. The van der Waals surface area contributed by atoms with Crippen molar-refractivity contribution in [2.24, 2.45) is 0 Å². The van der Waals surface area contributed by atoms with Gasteiger partial charge in [-0.05, 0) is 43.3 Å². The van der Waals surface area contributed by atoms with E-state index in [1.807, 2.05) is 19.9 Å². The second kappa shape index (κ2) is 6.64. The van der Waals surface area contributed by atoms with Gasteiger partial charge in [-0.15, -0.1) is 5.10 Å². The maximum absolute atomic E-state index is 12.3. The third-order valence-corrected chi connectivity index (χ3v) is 4.34. The van der Waals surface area contributed by atoms with E-state index in [0.29, 0.717) is 0 Å². The molecular weight excluding hydrogens is 288 g/mol. The highest BCUT2D eigenvalue weighted by Crippen LogP contribution is 2.19. The van der Waals surface area contributed by atoms with Gasteiger partial charge in [-0.25, -0.2) is 8.42 Å². The number of sulfonamides is 1. The molecule has 0 saturated carbocycles. The van der Waals surface area contributed by atoms with Crippen LogP contribution in [0.25, 0.3) is 0 Å². The van der Waals surface area contributed by atoms with Crippen LogP contribution in [0.4, 0.5) is 5.82 Å². The molecule has 1 aromatic carbocycles. The van der Waals surface area contributed by atoms with Crippen molar-refractivity contribution in [2.45, 2.75) is 24.8 Å². The summed E-state index contributed by atoms with van der Waals surface area (Å²) in [6, 6.07) is 10.1. The number of benzene rings is 1. The number of nitrogens with zero attached hydrogens (tertiary/aromatic N) is 2. The summed E-state index contributed by atoms with van der Waals surface area (Å²) >= 11 is 0. The Morgan fingerprint density at radius 2 is 2.05 bits per heavy atom. The molecule has 2 rings (SSSR count). The summed E-state index contributed by atoms with van der Waals surface area (Å²) in [6.45, 7) is 4.81. The van der Waals surface area contributed by atoms with Crippen LogP contribution in [0.5, 0.6) is 0 Å². The highest BCUT2D eigenvalue weighted by atomic mass is 32.2. The van der Waals surface area contributed by atoms with Crippen molar-refractivity contribution < 1.29 is 8.42 Å². The van der Waals surface area contributed by atoms with E-state index in [9.17, 15) is 8.42 Å². The summed E-state index contributed by atoms with van der Waals surface area (Å²) in [5.41, 5.74) is 0.916. The minimum atomic E-state index is -3.66. The lowest BCUT2D eigenvalue weighted by atomic mass is 10.1. The predicted octanol–water partition coefficient (Wildman–Crippen LogP) is 1.95. The van der Waals surface area contributed by atoms with Gasteiger partial charge in [0.2, 0.25) is 0 Å². The quantitative estimate of drug-likeness (QED) is 0.852. The zero-order valence-electron chi connectivity index (χ0n) is 11.9. The highest BCUT2D eigenvalue weighted by Gasteiger charge is 2.16. The summed E-state index contributed by atoms with van der Waals surface area (Å²) in [7, 11) is -3.66. The molecule has 1 aromatic heterocycles. The zero-order chi connectivity index (χ0) is 15.3. The lowest BCUT2D eigenvalue weighted by molar-refractivity contribution is 0.592. The second-order valence-electron chi connectivity index (χ2n) is 4.57. The lowest BCUT2D eigenvalue weighted by Gasteiger charge is -2.14. The van der Waals surface area contributed by atoms with Crippen LogP contribution in [-0.2, 0) is 10.0 Å². The predicted molar refractivity (Wildman–Crippen MR) is 81.4 cm³/mol. The van der Waals surface area contributed by atoms with Crippen LogP contribution in [0.2, 0.25) is 0 Å². The van der Waals surface area contributed by atoms with Gasteiger partial charge < -0.3 is 5.32 Å². The summed E-state index contributed by atoms with van der Waals surface area (Å²) < 4.78 is 27.1. The van der Waals surface area contributed by atoms with Crippen molar-refractivity contribution in [1.82, 2.24) is 15.5 Å². The van der Waals surface area contributed by atoms with Gasteiger partial charge in [0.1, 0.15) is 0 Å². The van der Waals surface area contributed by atoms with Crippen LogP contribution in [-0.4, -0.2) is 25.2 Å². The molecule has 0 aliphatic heterocycles. The Bertz CT molecular complexity index is 689. The number of rotatable bonds is 6. The number of aromatic nitrogens is 2. The molecule has 2 aromatic rings. The smallest absolute Gasteiger partial charge is 0.263 e. The fourth-order valence-electron chi connectivity index (χ4n) is 1.93. The van der Waals surface area contributed by atoms with Crippen molar-refractivity contribution in [2.75, 3.05) is 11.3 Å². The van der Waals surface area contributed by atoms with Crippen LogP contribution in [0.15, 0.2) is 47.5 Å². The largest absolute Gasteiger partial charge is 0.310 e. The maximum atomic E-state index is 12.3. The molecule has 2 N–H and O–H groups in total. The minimum Gasteiger partial charge on any atom is -0.310 e. The van der Waals surface area contributed by atoms with E-state index in [4.69, 9.17) is 0 Å². The fourth-order valence-corrected chi connectivity index (χ4v) is 2.98. The summed E-state index contributed by atoms with van der Waals surface area (Å²) in [6.07, 6.45) is 1.48. The Morgan fingerprint density at radius 3 is 2.71 bits per heavy atom. The van der Waals surface area contributed by atoms with Crippen molar-refractivity contribution in [3.05, 3.63) is 48.2 Å². The first-order chi connectivity index (χ1) is 10.0. The number of hydrogen-bond donors (Lipinski definition) is 2.